The van der Waals surface area contributed by atoms with Crippen LogP contribution in [0.5, 0.6) is 0 Å². The Morgan fingerprint density at radius 3 is 1.58 bits per heavy atom. The summed E-state index contributed by atoms with van der Waals surface area (Å²) in [5.41, 5.74) is 0. The highest BCUT2D eigenvalue weighted by atomic mass is 19.4. The zero-order valence-corrected chi connectivity index (χ0v) is 11.8. The third-order valence-electron chi connectivity index (χ3n) is 2.82. The first-order valence-electron chi connectivity index (χ1n) is 6.32. The van der Waals surface area contributed by atoms with E-state index in [0.717, 1.165) is 0 Å². The fourth-order valence-electron chi connectivity index (χ4n) is 1.39. The highest BCUT2D eigenvalue weighted by molar-refractivity contribution is 5.05. The van der Waals surface area contributed by atoms with Crippen molar-refractivity contribution in [2.45, 2.75) is 62.4 Å². The highest BCUT2D eigenvalue weighted by Gasteiger charge is 2.85. The van der Waals surface area contributed by atoms with Crippen LogP contribution < -0.4 is 0 Å². The Morgan fingerprint density at radius 1 is 0.750 bits per heavy atom. The predicted molar refractivity (Wildman–Crippen MR) is 56.2 cm³/mol. The van der Waals surface area contributed by atoms with Crippen molar-refractivity contribution in [3.8, 4) is 0 Å². The maximum absolute atomic E-state index is 13.1. The molecular formula is C11H12F12O. The van der Waals surface area contributed by atoms with Crippen molar-refractivity contribution in [2.75, 3.05) is 6.61 Å². The summed E-state index contributed by atoms with van der Waals surface area (Å²) >= 11 is 0. The molecule has 1 nitrogen and oxygen atoms in total. The first-order valence-corrected chi connectivity index (χ1v) is 6.32. The molecule has 0 fully saturated rings. The minimum Gasteiger partial charge on any atom is -0.318 e. The number of unbranched alkanes of at least 4 members (excludes halogenated alkanes) is 2. The number of ether oxygens (including phenoxy) is 1. The fraction of sp³-hybridized carbons (Fsp3) is 1.00. The van der Waals surface area contributed by atoms with Gasteiger partial charge < -0.3 is 4.74 Å². The van der Waals surface area contributed by atoms with Crippen molar-refractivity contribution < 1.29 is 57.4 Å². The SMILES string of the molecule is CCCCCOC(F)(F)C(F)C(F)(F)C(F)(F)C(F)(F)C(F)(F)F. The van der Waals surface area contributed by atoms with Gasteiger partial charge in [-0.05, 0) is 6.42 Å². The minimum atomic E-state index is -7.48. The summed E-state index contributed by atoms with van der Waals surface area (Å²) in [5, 5.41) is 0. The zero-order valence-electron chi connectivity index (χ0n) is 11.8. The van der Waals surface area contributed by atoms with Crippen LogP contribution in [0.25, 0.3) is 0 Å². The average Bonchev–Trinajstić information content (AvgIpc) is 2.41. The molecule has 0 amide bonds. The molecule has 0 saturated heterocycles. The Morgan fingerprint density at radius 2 is 1.21 bits per heavy atom. The normalized spacial score (nSPS) is 16.4. The Balaban J connectivity index is 5.47. The van der Waals surface area contributed by atoms with Crippen LogP contribution in [0.4, 0.5) is 52.7 Å². The van der Waals surface area contributed by atoms with E-state index in [2.05, 4.69) is 4.74 Å². The maximum atomic E-state index is 13.1. The molecule has 24 heavy (non-hydrogen) atoms. The first-order chi connectivity index (χ1) is 10.5. The number of alkyl halides is 12. The lowest BCUT2D eigenvalue weighted by atomic mass is 9.99. The van der Waals surface area contributed by atoms with Crippen LogP contribution in [0, 0.1) is 0 Å². The highest BCUT2D eigenvalue weighted by Crippen LogP contribution is 2.56. The Hall–Kier alpha value is -0.880. The second-order valence-corrected chi connectivity index (χ2v) is 4.75. The van der Waals surface area contributed by atoms with Crippen LogP contribution in [0.15, 0.2) is 0 Å². The molecule has 0 spiro atoms. The second kappa shape index (κ2) is 7.16. The van der Waals surface area contributed by atoms with Crippen LogP contribution >= 0.6 is 0 Å². The van der Waals surface area contributed by atoms with E-state index in [9.17, 15) is 52.7 Å². The molecule has 0 rings (SSSR count). The van der Waals surface area contributed by atoms with Gasteiger partial charge in [0.2, 0.25) is 0 Å². The molecule has 0 aliphatic carbocycles. The molecule has 0 saturated carbocycles. The molecule has 0 bridgehead atoms. The molecule has 0 radical (unpaired) electrons. The van der Waals surface area contributed by atoms with Crippen molar-refractivity contribution in [2.24, 2.45) is 0 Å². The Kier molecular flexibility index (Phi) is 6.90. The van der Waals surface area contributed by atoms with Crippen LogP contribution in [0.1, 0.15) is 26.2 Å². The van der Waals surface area contributed by atoms with Gasteiger partial charge in [-0.25, -0.2) is 4.39 Å². The van der Waals surface area contributed by atoms with Crippen molar-refractivity contribution in [3.05, 3.63) is 0 Å². The largest absolute Gasteiger partial charge is 0.460 e. The molecule has 13 heteroatoms. The molecule has 0 aromatic heterocycles. The van der Waals surface area contributed by atoms with Gasteiger partial charge in [-0.15, -0.1) is 0 Å². The molecule has 1 atom stereocenters. The maximum Gasteiger partial charge on any atom is 0.460 e. The number of hydrogen-bond acceptors (Lipinski definition) is 1. The lowest BCUT2D eigenvalue weighted by Crippen LogP contribution is -2.66. The number of halogens is 12. The van der Waals surface area contributed by atoms with E-state index in [1.54, 1.807) is 6.92 Å². The van der Waals surface area contributed by atoms with Crippen LogP contribution in [0.3, 0.4) is 0 Å². The summed E-state index contributed by atoms with van der Waals surface area (Å²) in [6, 6.07) is 0. The van der Waals surface area contributed by atoms with Gasteiger partial charge in [0.05, 0.1) is 6.61 Å². The van der Waals surface area contributed by atoms with Crippen LogP contribution in [0.2, 0.25) is 0 Å². The van der Waals surface area contributed by atoms with Gasteiger partial charge in [0.25, 0.3) is 6.17 Å². The summed E-state index contributed by atoms with van der Waals surface area (Å²) in [4.78, 5) is 0. The van der Waals surface area contributed by atoms with Crippen molar-refractivity contribution in [1.29, 1.82) is 0 Å². The molecule has 0 aromatic rings. The summed E-state index contributed by atoms with van der Waals surface area (Å²) < 4.78 is 155. The van der Waals surface area contributed by atoms with Crippen LogP contribution in [-0.4, -0.2) is 42.8 Å². The van der Waals surface area contributed by atoms with E-state index >= 15 is 0 Å². The zero-order chi connectivity index (χ0) is 19.6. The van der Waals surface area contributed by atoms with Gasteiger partial charge in [0.1, 0.15) is 0 Å². The van der Waals surface area contributed by atoms with E-state index in [1.807, 2.05) is 0 Å². The topological polar surface area (TPSA) is 9.23 Å². The van der Waals surface area contributed by atoms with E-state index in [1.165, 1.54) is 0 Å². The monoisotopic (exact) mass is 388 g/mol. The van der Waals surface area contributed by atoms with Gasteiger partial charge in [-0.1, -0.05) is 19.8 Å². The van der Waals surface area contributed by atoms with E-state index < -0.39 is 42.8 Å². The number of hydrogen-bond donors (Lipinski definition) is 0. The molecule has 0 aliphatic rings. The standard InChI is InChI=1S/C11H12F12O/c1-2-3-4-5-24-8(15,16)6(12)7(13,14)9(17,18)10(19,20)11(21,22)23/h6H,2-5H2,1H3. The van der Waals surface area contributed by atoms with Gasteiger partial charge in [0.15, 0.2) is 0 Å². The Bertz CT molecular complexity index is 402. The molecule has 146 valence electrons. The number of rotatable bonds is 9. The third kappa shape index (κ3) is 4.20. The third-order valence-corrected chi connectivity index (χ3v) is 2.82. The predicted octanol–water partition coefficient (Wildman–Crippen LogP) is 5.59. The summed E-state index contributed by atoms with van der Waals surface area (Å²) in [6.07, 6.45) is -18.0. The van der Waals surface area contributed by atoms with Gasteiger partial charge in [-0.2, -0.15) is 48.3 Å². The van der Waals surface area contributed by atoms with Crippen molar-refractivity contribution >= 4 is 0 Å². The van der Waals surface area contributed by atoms with Gasteiger partial charge in [-0.3, -0.25) is 0 Å². The summed E-state index contributed by atoms with van der Waals surface area (Å²) in [5.74, 6) is -22.0. The smallest absolute Gasteiger partial charge is 0.318 e. The molecule has 1 unspecified atom stereocenters. The molecule has 0 N–H and O–H groups in total. The molecule has 0 heterocycles. The molecular weight excluding hydrogens is 376 g/mol. The van der Waals surface area contributed by atoms with Crippen molar-refractivity contribution in [1.82, 2.24) is 0 Å². The van der Waals surface area contributed by atoms with E-state index in [0.29, 0.717) is 6.42 Å². The van der Waals surface area contributed by atoms with Gasteiger partial charge in [0, 0.05) is 0 Å². The average molecular weight is 388 g/mol. The fourth-order valence-corrected chi connectivity index (χ4v) is 1.39. The lowest BCUT2D eigenvalue weighted by Gasteiger charge is -2.36. The lowest BCUT2D eigenvalue weighted by molar-refractivity contribution is -0.421. The quantitative estimate of drug-likeness (QED) is 0.370. The van der Waals surface area contributed by atoms with Crippen molar-refractivity contribution in [3.63, 3.8) is 0 Å². The van der Waals surface area contributed by atoms with Crippen LogP contribution in [-0.2, 0) is 4.74 Å². The summed E-state index contributed by atoms with van der Waals surface area (Å²) in [6.45, 7) is 0.475. The molecule has 0 aromatic carbocycles. The first kappa shape index (κ1) is 23.1. The van der Waals surface area contributed by atoms with Gasteiger partial charge >= 0.3 is 30.1 Å². The van der Waals surface area contributed by atoms with E-state index in [-0.39, 0.29) is 12.8 Å². The minimum absolute atomic E-state index is 0.200. The Labute approximate surface area is 127 Å². The second-order valence-electron chi connectivity index (χ2n) is 4.75. The molecule has 0 aliphatic heterocycles. The summed E-state index contributed by atoms with van der Waals surface area (Å²) in [7, 11) is 0. The van der Waals surface area contributed by atoms with E-state index in [4.69, 9.17) is 0 Å².